The van der Waals surface area contributed by atoms with E-state index in [2.05, 4.69) is 0 Å². The molecular weight excluding hydrogens is 273 g/mol. The molecule has 0 aliphatic carbocycles. The van der Waals surface area contributed by atoms with Crippen molar-refractivity contribution in [1.82, 2.24) is 4.72 Å². The Bertz CT molecular complexity index is 528. The van der Waals surface area contributed by atoms with Crippen molar-refractivity contribution in [2.24, 2.45) is 0 Å². The van der Waals surface area contributed by atoms with Crippen molar-refractivity contribution in [3.05, 3.63) is 18.2 Å². The molecule has 1 aromatic rings. The number of nitrogens with two attached hydrogens (primary N) is 1. The van der Waals surface area contributed by atoms with Gasteiger partial charge < -0.3 is 10.5 Å². The van der Waals surface area contributed by atoms with Crippen molar-refractivity contribution in [2.75, 3.05) is 19.4 Å². The molecule has 0 bridgehead atoms. The number of hydrogen-bond acceptors (Lipinski definition) is 4. The number of sulfonamides is 1. The first-order valence-corrected chi connectivity index (χ1v) is 6.14. The van der Waals surface area contributed by atoms with Crippen LogP contribution < -0.4 is 15.2 Å². The van der Waals surface area contributed by atoms with Gasteiger partial charge in [0.2, 0.25) is 10.0 Å². The summed E-state index contributed by atoms with van der Waals surface area (Å²) < 4.78 is 65.4. The molecule has 0 saturated heterocycles. The monoisotopic (exact) mass is 284 g/mol. The molecule has 18 heavy (non-hydrogen) atoms. The summed E-state index contributed by atoms with van der Waals surface area (Å²) in [6.45, 7) is -1.65. The first-order chi connectivity index (χ1) is 8.15. The highest BCUT2D eigenvalue weighted by Crippen LogP contribution is 2.26. The SMILES string of the molecule is COc1cc(N)ccc1S(=O)(=O)NCC(F)(F)F. The molecule has 9 heteroatoms. The van der Waals surface area contributed by atoms with Gasteiger partial charge in [-0.05, 0) is 12.1 Å². The predicted octanol–water partition coefficient (Wildman–Crippen LogP) is 1.12. The fourth-order valence-electron chi connectivity index (χ4n) is 1.16. The number of nitrogens with one attached hydrogen (secondary N) is 1. The summed E-state index contributed by atoms with van der Waals surface area (Å²) in [6, 6.07) is 3.54. The van der Waals surface area contributed by atoms with Gasteiger partial charge in [-0.3, -0.25) is 0 Å². The van der Waals surface area contributed by atoms with Crippen molar-refractivity contribution < 1.29 is 26.3 Å². The average molecular weight is 284 g/mol. The summed E-state index contributed by atoms with van der Waals surface area (Å²) in [7, 11) is -3.11. The normalized spacial score (nSPS) is 12.4. The number of rotatable bonds is 4. The summed E-state index contributed by atoms with van der Waals surface area (Å²) in [6.07, 6.45) is -4.63. The van der Waals surface area contributed by atoms with E-state index in [1.807, 2.05) is 0 Å². The molecule has 0 aromatic heterocycles. The van der Waals surface area contributed by atoms with E-state index in [0.29, 0.717) is 0 Å². The molecule has 1 aromatic carbocycles. The largest absolute Gasteiger partial charge is 0.495 e. The van der Waals surface area contributed by atoms with Gasteiger partial charge in [0, 0.05) is 11.8 Å². The summed E-state index contributed by atoms with van der Waals surface area (Å²) in [4.78, 5) is -0.400. The van der Waals surface area contributed by atoms with Crippen molar-refractivity contribution in [3.8, 4) is 5.75 Å². The molecule has 0 unspecified atom stereocenters. The van der Waals surface area contributed by atoms with Gasteiger partial charge in [0.05, 0.1) is 7.11 Å². The molecule has 0 amide bonds. The minimum Gasteiger partial charge on any atom is -0.495 e. The number of hydrogen-bond donors (Lipinski definition) is 2. The maximum Gasteiger partial charge on any atom is 0.402 e. The summed E-state index contributed by atoms with van der Waals surface area (Å²) in [5, 5.41) is 0. The number of alkyl halides is 3. The molecule has 5 nitrogen and oxygen atoms in total. The quantitative estimate of drug-likeness (QED) is 0.812. The van der Waals surface area contributed by atoms with Crippen molar-refractivity contribution >= 4 is 15.7 Å². The lowest BCUT2D eigenvalue weighted by molar-refractivity contribution is -0.121. The van der Waals surface area contributed by atoms with E-state index in [0.717, 1.165) is 6.07 Å². The fourth-order valence-corrected chi connectivity index (χ4v) is 2.32. The molecule has 3 N–H and O–H groups in total. The maximum absolute atomic E-state index is 12.0. The minimum absolute atomic E-state index is 0.121. The van der Waals surface area contributed by atoms with Gasteiger partial charge in [-0.15, -0.1) is 0 Å². The lowest BCUT2D eigenvalue weighted by atomic mass is 10.3. The van der Waals surface area contributed by atoms with Gasteiger partial charge in [-0.25, -0.2) is 13.1 Å². The number of halogens is 3. The summed E-state index contributed by atoms with van der Waals surface area (Å²) >= 11 is 0. The molecule has 0 saturated carbocycles. The van der Waals surface area contributed by atoms with Gasteiger partial charge in [-0.1, -0.05) is 0 Å². The molecule has 0 fully saturated rings. The third kappa shape index (κ3) is 3.77. The molecule has 0 radical (unpaired) electrons. The summed E-state index contributed by atoms with van der Waals surface area (Å²) in [5.41, 5.74) is 5.65. The van der Waals surface area contributed by atoms with Crippen LogP contribution in [0.15, 0.2) is 23.1 Å². The molecule has 0 atom stereocenters. The number of ether oxygens (including phenoxy) is 1. The smallest absolute Gasteiger partial charge is 0.402 e. The highest BCUT2D eigenvalue weighted by atomic mass is 32.2. The minimum atomic E-state index is -4.63. The Morgan fingerprint density at radius 2 is 2.00 bits per heavy atom. The van der Waals surface area contributed by atoms with E-state index in [1.54, 1.807) is 0 Å². The number of methoxy groups -OCH3 is 1. The standard InChI is InChI=1S/C9H11F3N2O3S/c1-17-7-4-6(13)2-3-8(7)18(15,16)14-5-9(10,11)12/h2-4,14H,5,13H2,1H3. The Hall–Kier alpha value is -1.48. The number of nitrogen functional groups attached to an aromatic ring is 1. The molecular formula is C9H11F3N2O3S. The Labute approximate surface area is 102 Å². The third-order valence-corrected chi connectivity index (χ3v) is 3.38. The Kier molecular flexibility index (Phi) is 4.07. The first kappa shape index (κ1) is 14.6. The van der Waals surface area contributed by atoms with Crippen LogP contribution in [0.5, 0.6) is 5.75 Å². The topological polar surface area (TPSA) is 81.4 Å². The van der Waals surface area contributed by atoms with E-state index in [-0.39, 0.29) is 11.4 Å². The second-order valence-corrected chi connectivity index (χ2v) is 5.09. The predicted molar refractivity (Wildman–Crippen MR) is 58.6 cm³/mol. The molecule has 1 rings (SSSR count). The van der Waals surface area contributed by atoms with Crippen LogP contribution in [-0.4, -0.2) is 28.2 Å². The van der Waals surface area contributed by atoms with Gasteiger partial charge in [0.25, 0.3) is 0 Å². The van der Waals surface area contributed by atoms with Crippen LogP contribution in [0.2, 0.25) is 0 Å². The average Bonchev–Trinajstić information content (AvgIpc) is 2.25. The molecule has 0 aliphatic rings. The lowest BCUT2D eigenvalue weighted by Gasteiger charge is -2.12. The Balaban J connectivity index is 3.05. The van der Waals surface area contributed by atoms with Gasteiger partial charge in [0.1, 0.15) is 17.2 Å². The van der Waals surface area contributed by atoms with Gasteiger partial charge >= 0.3 is 6.18 Å². The van der Waals surface area contributed by atoms with Crippen LogP contribution in [0.3, 0.4) is 0 Å². The van der Waals surface area contributed by atoms with E-state index in [1.165, 1.54) is 24.0 Å². The highest BCUT2D eigenvalue weighted by Gasteiger charge is 2.31. The van der Waals surface area contributed by atoms with Gasteiger partial charge in [0.15, 0.2) is 0 Å². The van der Waals surface area contributed by atoms with Gasteiger partial charge in [-0.2, -0.15) is 13.2 Å². The van der Waals surface area contributed by atoms with Crippen LogP contribution in [0.4, 0.5) is 18.9 Å². The van der Waals surface area contributed by atoms with E-state index >= 15 is 0 Å². The van der Waals surface area contributed by atoms with E-state index in [9.17, 15) is 21.6 Å². The number of benzene rings is 1. The van der Waals surface area contributed by atoms with Crippen molar-refractivity contribution in [2.45, 2.75) is 11.1 Å². The van der Waals surface area contributed by atoms with Crippen LogP contribution in [0, 0.1) is 0 Å². The third-order valence-electron chi connectivity index (χ3n) is 1.94. The molecule has 102 valence electrons. The second kappa shape index (κ2) is 5.02. The second-order valence-electron chi connectivity index (χ2n) is 3.35. The zero-order chi connectivity index (χ0) is 14.0. The number of anilines is 1. The van der Waals surface area contributed by atoms with Crippen molar-refractivity contribution in [3.63, 3.8) is 0 Å². The maximum atomic E-state index is 12.0. The Morgan fingerprint density at radius 1 is 1.39 bits per heavy atom. The van der Waals surface area contributed by atoms with Crippen LogP contribution in [-0.2, 0) is 10.0 Å². The van der Waals surface area contributed by atoms with Crippen LogP contribution in [0.1, 0.15) is 0 Å². The van der Waals surface area contributed by atoms with E-state index in [4.69, 9.17) is 10.5 Å². The Morgan fingerprint density at radius 3 is 2.50 bits per heavy atom. The van der Waals surface area contributed by atoms with E-state index < -0.39 is 27.6 Å². The van der Waals surface area contributed by atoms with Crippen molar-refractivity contribution in [1.29, 1.82) is 0 Å². The zero-order valence-corrected chi connectivity index (χ0v) is 10.1. The highest BCUT2D eigenvalue weighted by molar-refractivity contribution is 7.89. The zero-order valence-electron chi connectivity index (χ0n) is 9.28. The lowest BCUT2D eigenvalue weighted by Crippen LogP contribution is -2.33. The molecule has 0 aliphatic heterocycles. The fraction of sp³-hybridized carbons (Fsp3) is 0.333. The van der Waals surface area contributed by atoms with Crippen LogP contribution >= 0.6 is 0 Å². The molecule has 0 spiro atoms. The first-order valence-electron chi connectivity index (χ1n) is 4.65. The molecule has 0 heterocycles. The summed E-state index contributed by atoms with van der Waals surface area (Å²) in [5.74, 6) is -0.121. The van der Waals surface area contributed by atoms with Crippen LogP contribution in [0.25, 0.3) is 0 Å².